The molecule has 1 N–H and O–H groups in total. The Hall–Kier alpha value is -0.870. The van der Waals surface area contributed by atoms with Crippen molar-refractivity contribution in [3.8, 4) is 11.5 Å². The van der Waals surface area contributed by atoms with E-state index in [4.69, 9.17) is 9.47 Å². The number of thioether (sulfide) groups is 1. The molecule has 0 saturated carbocycles. The van der Waals surface area contributed by atoms with Crippen molar-refractivity contribution in [1.29, 1.82) is 0 Å². The van der Waals surface area contributed by atoms with E-state index in [0.717, 1.165) is 30.2 Å². The maximum atomic E-state index is 6.30. The van der Waals surface area contributed by atoms with Gasteiger partial charge in [-0.2, -0.15) is 11.8 Å². The third kappa shape index (κ3) is 3.07. The normalized spacial score (nSPS) is 26.4. The van der Waals surface area contributed by atoms with Crippen LogP contribution >= 0.6 is 11.8 Å². The number of methoxy groups -OCH3 is 1. The summed E-state index contributed by atoms with van der Waals surface area (Å²) in [5.41, 5.74) is 1.26. The van der Waals surface area contributed by atoms with Gasteiger partial charge in [0.15, 0.2) is 11.5 Å². The molecule has 2 heterocycles. The van der Waals surface area contributed by atoms with E-state index in [1.807, 2.05) is 17.8 Å². The van der Waals surface area contributed by atoms with Gasteiger partial charge in [0.25, 0.3) is 0 Å². The minimum absolute atomic E-state index is 0.332. The molecule has 4 heteroatoms. The molecule has 2 unspecified atom stereocenters. The summed E-state index contributed by atoms with van der Waals surface area (Å²) in [5, 5.41) is 3.61. The third-order valence-corrected chi connectivity index (χ3v) is 5.22. The molecule has 0 amide bonds. The molecule has 110 valence electrons. The van der Waals surface area contributed by atoms with Gasteiger partial charge in [-0.1, -0.05) is 18.6 Å². The molecule has 2 aliphatic heterocycles. The van der Waals surface area contributed by atoms with E-state index in [-0.39, 0.29) is 0 Å². The highest BCUT2D eigenvalue weighted by Gasteiger charge is 2.25. The Kier molecular flexibility index (Phi) is 4.73. The minimum atomic E-state index is 0.332. The average Bonchev–Trinajstić information content (AvgIpc) is 3.01. The average molecular weight is 293 g/mol. The third-order valence-electron chi connectivity index (χ3n) is 4.09. The van der Waals surface area contributed by atoms with Crippen molar-refractivity contribution < 1.29 is 9.47 Å². The summed E-state index contributed by atoms with van der Waals surface area (Å²) in [4.78, 5) is 0. The standard InChI is InChI=1S/C16H23NO2S/c1-18-15-7-4-5-13(14-6-2-3-9-17-14)16(15)19-12-8-10-20-11-12/h4-5,7,12,14,17H,2-3,6,8-11H2,1H3. The molecule has 0 bridgehead atoms. The Bertz CT molecular complexity index is 440. The van der Waals surface area contributed by atoms with E-state index in [0.29, 0.717) is 12.1 Å². The highest BCUT2D eigenvalue weighted by molar-refractivity contribution is 7.99. The van der Waals surface area contributed by atoms with Crippen molar-refractivity contribution in [2.45, 2.75) is 37.8 Å². The molecule has 1 aromatic carbocycles. The van der Waals surface area contributed by atoms with Gasteiger partial charge in [0, 0.05) is 17.4 Å². The Labute approximate surface area is 125 Å². The van der Waals surface area contributed by atoms with Crippen LogP contribution in [0.3, 0.4) is 0 Å². The molecule has 0 aliphatic carbocycles. The van der Waals surface area contributed by atoms with Crippen LogP contribution in [0.25, 0.3) is 0 Å². The Morgan fingerprint density at radius 3 is 2.90 bits per heavy atom. The van der Waals surface area contributed by atoms with Gasteiger partial charge in [-0.25, -0.2) is 0 Å². The number of nitrogens with one attached hydrogen (secondary N) is 1. The number of ether oxygens (including phenoxy) is 2. The lowest BCUT2D eigenvalue weighted by atomic mass is 9.96. The van der Waals surface area contributed by atoms with Crippen LogP contribution in [0.2, 0.25) is 0 Å². The van der Waals surface area contributed by atoms with Crippen molar-refractivity contribution in [2.75, 3.05) is 25.2 Å². The van der Waals surface area contributed by atoms with Crippen LogP contribution in [0.5, 0.6) is 11.5 Å². The largest absolute Gasteiger partial charge is 0.493 e. The number of benzene rings is 1. The van der Waals surface area contributed by atoms with E-state index in [1.54, 1.807) is 7.11 Å². The van der Waals surface area contributed by atoms with Crippen LogP contribution in [0.4, 0.5) is 0 Å². The maximum absolute atomic E-state index is 6.30. The summed E-state index contributed by atoms with van der Waals surface area (Å²) in [6, 6.07) is 6.66. The van der Waals surface area contributed by atoms with E-state index in [9.17, 15) is 0 Å². The van der Waals surface area contributed by atoms with Gasteiger partial charge in [-0.3, -0.25) is 0 Å². The second-order valence-electron chi connectivity index (χ2n) is 5.48. The van der Waals surface area contributed by atoms with Gasteiger partial charge in [0.2, 0.25) is 0 Å². The quantitative estimate of drug-likeness (QED) is 0.922. The van der Waals surface area contributed by atoms with Crippen molar-refractivity contribution in [3.05, 3.63) is 23.8 Å². The minimum Gasteiger partial charge on any atom is -0.493 e. The molecule has 0 aromatic heterocycles. The topological polar surface area (TPSA) is 30.5 Å². The molecule has 2 aliphatic rings. The summed E-state index contributed by atoms with van der Waals surface area (Å²) < 4.78 is 11.8. The second kappa shape index (κ2) is 6.72. The lowest BCUT2D eigenvalue weighted by molar-refractivity contribution is 0.212. The van der Waals surface area contributed by atoms with Crippen molar-refractivity contribution in [3.63, 3.8) is 0 Å². The number of rotatable bonds is 4. The van der Waals surface area contributed by atoms with Crippen LogP contribution in [-0.2, 0) is 0 Å². The van der Waals surface area contributed by atoms with Gasteiger partial charge >= 0.3 is 0 Å². The van der Waals surface area contributed by atoms with E-state index in [2.05, 4.69) is 17.4 Å². The van der Waals surface area contributed by atoms with Crippen molar-refractivity contribution in [1.82, 2.24) is 5.32 Å². The fourth-order valence-corrected chi connectivity index (χ4v) is 4.08. The second-order valence-corrected chi connectivity index (χ2v) is 6.63. The Morgan fingerprint density at radius 1 is 1.25 bits per heavy atom. The first-order valence-electron chi connectivity index (χ1n) is 7.53. The molecule has 20 heavy (non-hydrogen) atoms. The van der Waals surface area contributed by atoms with Crippen LogP contribution in [0, 0.1) is 0 Å². The predicted molar refractivity (Wildman–Crippen MR) is 83.9 cm³/mol. The molecule has 0 radical (unpaired) electrons. The van der Waals surface area contributed by atoms with Crippen LogP contribution < -0.4 is 14.8 Å². The first kappa shape index (κ1) is 14.1. The fourth-order valence-electron chi connectivity index (χ4n) is 2.98. The molecule has 1 aromatic rings. The maximum Gasteiger partial charge on any atom is 0.166 e. The van der Waals surface area contributed by atoms with Crippen LogP contribution in [0.15, 0.2) is 18.2 Å². The first-order chi connectivity index (χ1) is 9.88. The first-order valence-corrected chi connectivity index (χ1v) is 8.68. The molecule has 2 fully saturated rings. The summed E-state index contributed by atoms with van der Waals surface area (Å²) in [5.74, 6) is 4.13. The van der Waals surface area contributed by atoms with Crippen LogP contribution in [0.1, 0.15) is 37.3 Å². The van der Waals surface area contributed by atoms with Crippen molar-refractivity contribution >= 4 is 11.8 Å². The summed E-state index contributed by atoms with van der Waals surface area (Å²) in [6.45, 7) is 1.10. The lowest BCUT2D eigenvalue weighted by Gasteiger charge is -2.27. The van der Waals surface area contributed by atoms with Crippen molar-refractivity contribution in [2.24, 2.45) is 0 Å². The van der Waals surface area contributed by atoms with Gasteiger partial charge in [-0.15, -0.1) is 0 Å². The highest BCUT2D eigenvalue weighted by Crippen LogP contribution is 2.39. The van der Waals surface area contributed by atoms with E-state index < -0.39 is 0 Å². The summed E-state index contributed by atoms with van der Waals surface area (Å²) in [6.07, 6.45) is 5.21. The van der Waals surface area contributed by atoms with Crippen LogP contribution in [-0.4, -0.2) is 31.3 Å². The zero-order chi connectivity index (χ0) is 13.8. The summed E-state index contributed by atoms with van der Waals surface area (Å²) in [7, 11) is 1.73. The molecule has 2 atom stereocenters. The predicted octanol–water partition coefficient (Wildman–Crippen LogP) is 3.39. The monoisotopic (exact) mass is 293 g/mol. The SMILES string of the molecule is COc1cccc(C2CCCCN2)c1OC1CCSC1. The highest BCUT2D eigenvalue weighted by atomic mass is 32.2. The molecule has 2 saturated heterocycles. The van der Waals surface area contributed by atoms with E-state index in [1.165, 1.54) is 30.6 Å². The summed E-state index contributed by atoms with van der Waals surface area (Å²) >= 11 is 1.97. The fraction of sp³-hybridized carbons (Fsp3) is 0.625. The van der Waals surface area contributed by atoms with Gasteiger partial charge in [0.1, 0.15) is 6.10 Å². The molecule has 3 rings (SSSR count). The zero-order valence-electron chi connectivity index (χ0n) is 12.1. The number of hydrogen-bond donors (Lipinski definition) is 1. The molecular weight excluding hydrogens is 270 g/mol. The van der Waals surface area contributed by atoms with Gasteiger partial charge < -0.3 is 14.8 Å². The van der Waals surface area contributed by atoms with Gasteiger partial charge in [-0.05, 0) is 37.6 Å². The molecule has 3 nitrogen and oxygen atoms in total. The van der Waals surface area contributed by atoms with E-state index >= 15 is 0 Å². The lowest BCUT2D eigenvalue weighted by Crippen LogP contribution is -2.28. The zero-order valence-corrected chi connectivity index (χ0v) is 12.9. The number of para-hydroxylation sites is 1. The number of hydrogen-bond acceptors (Lipinski definition) is 4. The Balaban J connectivity index is 1.86. The molecule has 0 spiro atoms. The molecular formula is C16H23NO2S. The van der Waals surface area contributed by atoms with Gasteiger partial charge in [0.05, 0.1) is 7.11 Å². The number of piperidine rings is 1. The smallest absolute Gasteiger partial charge is 0.166 e. The Morgan fingerprint density at radius 2 is 2.20 bits per heavy atom.